The van der Waals surface area contributed by atoms with Gasteiger partial charge in [-0.1, -0.05) is 0 Å². The molecular weight excluding hydrogens is 325 g/mol. The molecule has 0 spiro atoms. The van der Waals surface area contributed by atoms with Crippen LogP contribution >= 0.6 is 0 Å². The van der Waals surface area contributed by atoms with Crippen LogP contribution in [0.25, 0.3) is 0 Å². The number of morpholine rings is 1. The summed E-state index contributed by atoms with van der Waals surface area (Å²) in [6.45, 7) is 4.87. The molecule has 0 radical (unpaired) electrons. The zero-order valence-electron chi connectivity index (χ0n) is 14.5. The van der Waals surface area contributed by atoms with E-state index in [1.165, 1.54) is 25.3 Å². The third-order valence-corrected chi connectivity index (χ3v) is 4.06. The number of methoxy groups -OCH3 is 1. The van der Waals surface area contributed by atoms with Gasteiger partial charge in [-0.05, 0) is 38.1 Å². The van der Waals surface area contributed by atoms with Crippen LogP contribution in [-0.2, 0) is 4.74 Å². The SMILES string of the molecule is COc1ccc(F)cc1C(=O)N1CCO[C@H](c2cc(C)nc(C)n2)C1. The van der Waals surface area contributed by atoms with Gasteiger partial charge in [-0.15, -0.1) is 0 Å². The number of rotatable bonds is 3. The van der Waals surface area contributed by atoms with Crippen molar-refractivity contribution in [3.8, 4) is 5.75 Å². The summed E-state index contributed by atoms with van der Waals surface area (Å²) in [5.41, 5.74) is 1.80. The summed E-state index contributed by atoms with van der Waals surface area (Å²) in [6, 6.07) is 5.78. The Morgan fingerprint density at radius 2 is 2.12 bits per heavy atom. The number of nitrogens with zero attached hydrogens (tertiary/aromatic N) is 3. The van der Waals surface area contributed by atoms with Crippen LogP contribution in [0.3, 0.4) is 0 Å². The molecule has 0 N–H and O–H groups in total. The molecule has 1 atom stereocenters. The van der Waals surface area contributed by atoms with Gasteiger partial charge in [0, 0.05) is 12.2 Å². The lowest BCUT2D eigenvalue weighted by Crippen LogP contribution is -2.42. The maximum atomic E-state index is 13.6. The first-order valence-electron chi connectivity index (χ1n) is 8.04. The minimum Gasteiger partial charge on any atom is -0.496 e. The van der Waals surface area contributed by atoms with E-state index in [2.05, 4.69) is 9.97 Å². The average Bonchev–Trinajstić information content (AvgIpc) is 2.60. The van der Waals surface area contributed by atoms with Crippen LogP contribution in [0.4, 0.5) is 4.39 Å². The topological polar surface area (TPSA) is 64.5 Å². The van der Waals surface area contributed by atoms with Gasteiger partial charge in [-0.2, -0.15) is 0 Å². The minimum absolute atomic E-state index is 0.207. The number of hydrogen-bond donors (Lipinski definition) is 0. The van der Waals surface area contributed by atoms with Crippen molar-refractivity contribution in [1.82, 2.24) is 14.9 Å². The van der Waals surface area contributed by atoms with Crippen molar-refractivity contribution in [2.45, 2.75) is 20.0 Å². The summed E-state index contributed by atoms with van der Waals surface area (Å²) in [6.07, 6.45) is -0.336. The summed E-state index contributed by atoms with van der Waals surface area (Å²) >= 11 is 0. The van der Waals surface area contributed by atoms with Gasteiger partial charge < -0.3 is 14.4 Å². The number of benzene rings is 1. The fraction of sp³-hybridized carbons (Fsp3) is 0.389. The van der Waals surface area contributed by atoms with E-state index < -0.39 is 5.82 Å². The Balaban J connectivity index is 1.84. The van der Waals surface area contributed by atoms with Gasteiger partial charge >= 0.3 is 0 Å². The first-order chi connectivity index (χ1) is 12.0. The quantitative estimate of drug-likeness (QED) is 0.855. The molecule has 132 valence electrons. The highest BCUT2D eigenvalue weighted by molar-refractivity contribution is 5.97. The van der Waals surface area contributed by atoms with Gasteiger partial charge in [0.05, 0.1) is 31.5 Å². The van der Waals surface area contributed by atoms with E-state index in [9.17, 15) is 9.18 Å². The number of carbonyl (C=O) groups is 1. The maximum Gasteiger partial charge on any atom is 0.257 e. The molecule has 0 saturated carbocycles. The van der Waals surface area contributed by atoms with E-state index in [-0.39, 0.29) is 17.6 Å². The lowest BCUT2D eigenvalue weighted by molar-refractivity contribution is -0.0249. The Labute approximate surface area is 145 Å². The molecule has 25 heavy (non-hydrogen) atoms. The van der Waals surface area contributed by atoms with Crippen molar-refractivity contribution < 1.29 is 18.7 Å². The highest BCUT2D eigenvalue weighted by Crippen LogP contribution is 2.26. The highest BCUT2D eigenvalue weighted by atomic mass is 19.1. The standard InChI is InChI=1S/C18H20FN3O3/c1-11-8-15(21-12(2)20-11)17-10-22(6-7-25-17)18(23)14-9-13(19)4-5-16(14)24-3/h4-5,8-9,17H,6-7,10H2,1-3H3/t17-/m0/s1. The molecule has 0 bridgehead atoms. The number of ether oxygens (including phenoxy) is 2. The molecule has 7 heteroatoms. The molecule has 6 nitrogen and oxygen atoms in total. The van der Waals surface area contributed by atoms with Crippen molar-refractivity contribution in [2.24, 2.45) is 0 Å². The molecule has 2 aromatic rings. The van der Waals surface area contributed by atoms with Crippen LogP contribution in [0.15, 0.2) is 24.3 Å². The Bertz CT molecular complexity index is 777. The molecule has 0 unspecified atom stereocenters. The predicted octanol–water partition coefficient (Wildman–Crippen LogP) is 2.45. The number of carbonyl (C=O) groups excluding carboxylic acids is 1. The third kappa shape index (κ3) is 3.76. The molecular formula is C18H20FN3O3. The van der Waals surface area contributed by atoms with Crippen LogP contribution in [0.5, 0.6) is 5.75 Å². The molecule has 1 saturated heterocycles. The summed E-state index contributed by atoms with van der Waals surface area (Å²) in [5.74, 6) is 0.250. The minimum atomic E-state index is -0.476. The van der Waals surface area contributed by atoms with Gasteiger partial charge in [-0.25, -0.2) is 14.4 Å². The van der Waals surface area contributed by atoms with Crippen molar-refractivity contribution in [3.63, 3.8) is 0 Å². The third-order valence-electron chi connectivity index (χ3n) is 4.06. The fourth-order valence-electron chi connectivity index (χ4n) is 2.94. The summed E-state index contributed by atoms with van der Waals surface area (Å²) in [4.78, 5) is 23.1. The number of hydrogen-bond acceptors (Lipinski definition) is 5. The zero-order valence-corrected chi connectivity index (χ0v) is 14.5. The van der Waals surface area contributed by atoms with Gasteiger partial charge in [-0.3, -0.25) is 4.79 Å². The second kappa shape index (κ2) is 7.14. The van der Waals surface area contributed by atoms with E-state index >= 15 is 0 Å². The summed E-state index contributed by atoms with van der Waals surface area (Å²) < 4.78 is 24.5. The van der Waals surface area contributed by atoms with E-state index in [0.29, 0.717) is 31.3 Å². The smallest absolute Gasteiger partial charge is 0.257 e. The average molecular weight is 345 g/mol. The van der Waals surface area contributed by atoms with Crippen molar-refractivity contribution in [1.29, 1.82) is 0 Å². The number of aryl methyl sites for hydroxylation is 2. The molecule has 1 aromatic heterocycles. The molecule has 1 aromatic carbocycles. The molecule has 0 aliphatic carbocycles. The van der Waals surface area contributed by atoms with Crippen molar-refractivity contribution in [3.05, 3.63) is 52.9 Å². The van der Waals surface area contributed by atoms with Crippen molar-refractivity contribution in [2.75, 3.05) is 26.8 Å². The first-order valence-corrected chi connectivity index (χ1v) is 8.04. The monoisotopic (exact) mass is 345 g/mol. The van der Waals surface area contributed by atoms with Crippen LogP contribution in [0, 0.1) is 19.7 Å². The van der Waals surface area contributed by atoms with E-state index in [1.54, 1.807) is 4.90 Å². The van der Waals surface area contributed by atoms with Crippen LogP contribution in [-0.4, -0.2) is 47.6 Å². The van der Waals surface area contributed by atoms with Crippen LogP contribution < -0.4 is 4.74 Å². The van der Waals surface area contributed by atoms with Gasteiger partial charge in [0.15, 0.2) is 0 Å². The van der Waals surface area contributed by atoms with Crippen LogP contribution in [0.2, 0.25) is 0 Å². The second-order valence-electron chi connectivity index (χ2n) is 5.94. The Hall–Kier alpha value is -2.54. The Morgan fingerprint density at radius 1 is 1.32 bits per heavy atom. The molecule has 1 fully saturated rings. The van der Waals surface area contributed by atoms with Gasteiger partial charge in [0.25, 0.3) is 5.91 Å². The Morgan fingerprint density at radius 3 is 2.84 bits per heavy atom. The predicted molar refractivity (Wildman–Crippen MR) is 89.1 cm³/mol. The highest BCUT2D eigenvalue weighted by Gasteiger charge is 2.29. The fourth-order valence-corrected chi connectivity index (χ4v) is 2.94. The summed E-state index contributed by atoms with van der Waals surface area (Å²) in [7, 11) is 1.46. The lowest BCUT2D eigenvalue weighted by Gasteiger charge is -2.33. The summed E-state index contributed by atoms with van der Waals surface area (Å²) in [5, 5.41) is 0. The maximum absolute atomic E-state index is 13.6. The van der Waals surface area contributed by atoms with Crippen LogP contribution in [0.1, 0.15) is 33.7 Å². The first kappa shape index (κ1) is 17.3. The molecule has 2 heterocycles. The number of amides is 1. The normalized spacial score (nSPS) is 17.4. The Kier molecular flexibility index (Phi) is 4.94. The lowest BCUT2D eigenvalue weighted by atomic mass is 10.1. The van der Waals surface area contributed by atoms with Gasteiger partial charge in [0.1, 0.15) is 23.5 Å². The molecule has 3 rings (SSSR count). The van der Waals surface area contributed by atoms with E-state index in [1.807, 2.05) is 19.9 Å². The van der Waals surface area contributed by atoms with E-state index in [0.717, 1.165) is 11.4 Å². The van der Waals surface area contributed by atoms with Crippen molar-refractivity contribution >= 4 is 5.91 Å². The molecule has 1 aliphatic rings. The number of aromatic nitrogens is 2. The largest absolute Gasteiger partial charge is 0.496 e. The van der Waals surface area contributed by atoms with E-state index in [4.69, 9.17) is 9.47 Å². The number of halogens is 1. The molecule has 1 amide bonds. The van der Waals surface area contributed by atoms with Gasteiger partial charge in [0.2, 0.25) is 0 Å². The molecule has 1 aliphatic heterocycles. The second-order valence-corrected chi connectivity index (χ2v) is 5.94. The zero-order chi connectivity index (χ0) is 18.0.